The van der Waals surface area contributed by atoms with E-state index in [2.05, 4.69) is 73.0 Å². The molecule has 1 nitrogen and oxygen atoms in total. The van der Waals surface area contributed by atoms with E-state index in [0.717, 1.165) is 6.54 Å². The van der Waals surface area contributed by atoms with Gasteiger partial charge in [0.25, 0.3) is 0 Å². The fourth-order valence-electron chi connectivity index (χ4n) is 7.75. The van der Waals surface area contributed by atoms with E-state index in [1.54, 1.807) is 5.56 Å². The second-order valence-electron chi connectivity index (χ2n) is 14.8. The Hall–Kier alpha value is -2.02. The summed E-state index contributed by atoms with van der Waals surface area (Å²) in [5, 5.41) is 1.49. The molecular formula is C46H75N. The topological polar surface area (TPSA) is 4.93 Å². The second-order valence-corrected chi connectivity index (χ2v) is 14.8. The molecule has 0 saturated carbocycles. The predicted octanol–water partition coefficient (Wildman–Crippen LogP) is 15.8. The first kappa shape index (κ1) is 39.4. The van der Waals surface area contributed by atoms with Crippen LogP contribution in [0.3, 0.4) is 0 Å². The number of fused-ring (bicyclic) bond motifs is 1. The number of aryl methyl sites for hydroxylation is 2. The van der Waals surface area contributed by atoms with Crippen LogP contribution in [0.4, 0.5) is 0 Å². The average Bonchev–Trinajstić information content (AvgIpc) is 3.42. The van der Waals surface area contributed by atoms with Gasteiger partial charge in [0.2, 0.25) is 0 Å². The van der Waals surface area contributed by atoms with Crippen LogP contribution < -0.4 is 0 Å². The number of para-hydroxylation sites is 1. The van der Waals surface area contributed by atoms with Crippen molar-refractivity contribution in [3.05, 3.63) is 60.2 Å². The molecule has 0 spiro atoms. The van der Waals surface area contributed by atoms with E-state index in [-0.39, 0.29) is 0 Å². The van der Waals surface area contributed by atoms with Crippen LogP contribution in [0.1, 0.15) is 199 Å². The number of nitrogens with zero attached hydrogens (tertiary/aromatic N) is 1. The lowest BCUT2D eigenvalue weighted by molar-refractivity contribution is 0.527. The fraction of sp³-hybridized carbons (Fsp3) is 0.696. The van der Waals surface area contributed by atoms with Gasteiger partial charge in [-0.25, -0.2) is 0 Å². The Balaban J connectivity index is 1.39. The summed E-state index contributed by atoms with van der Waals surface area (Å²) in [6.45, 7) is 5.76. The standard InChI is InChI=1S/C46H75N/c1-3-5-7-9-11-13-15-17-19-21-23-25-27-32-39-44-43-38-33-34-40-45(43)47(46(44)42-36-30-29-31-37-42)41-35-28-26-24-22-20-18-16-14-12-10-8-6-4-2/h29-31,33-34,36-38,40H,3-28,32,35,39,41H2,1-2H3. The Morgan fingerprint density at radius 3 is 1.23 bits per heavy atom. The highest BCUT2D eigenvalue weighted by Crippen LogP contribution is 2.35. The summed E-state index contributed by atoms with van der Waals surface area (Å²) in [6, 6.07) is 20.5. The molecule has 0 N–H and O–H groups in total. The second kappa shape index (κ2) is 26.9. The van der Waals surface area contributed by atoms with Gasteiger partial charge in [0.1, 0.15) is 0 Å². The Bertz CT molecular complexity index is 1060. The third kappa shape index (κ3) is 16.3. The molecule has 0 unspecified atom stereocenters. The van der Waals surface area contributed by atoms with Crippen LogP contribution in [0, 0.1) is 0 Å². The molecule has 0 fully saturated rings. The van der Waals surface area contributed by atoms with Gasteiger partial charge >= 0.3 is 0 Å². The third-order valence-electron chi connectivity index (χ3n) is 10.6. The molecule has 0 saturated heterocycles. The zero-order valence-corrected chi connectivity index (χ0v) is 31.4. The maximum absolute atomic E-state index is 2.68. The Labute approximate surface area is 292 Å². The molecule has 1 heteroatoms. The lowest BCUT2D eigenvalue weighted by Gasteiger charge is -2.13. The summed E-state index contributed by atoms with van der Waals surface area (Å²) in [4.78, 5) is 0. The van der Waals surface area contributed by atoms with Crippen LogP contribution in [0.5, 0.6) is 0 Å². The molecule has 0 aliphatic carbocycles. The highest BCUT2D eigenvalue weighted by atomic mass is 15.0. The number of unbranched alkanes of at least 4 members (excludes halogenated alkanes) is 26. The quantitative estimate of drug-likeness (QED) is 0.0616. The van der Waals surface area contributed by atoms with Crippen LogP contribution in [0.25, 0.3) is 22.2 Å². The summed E-state index contributed by atoms with van der Waals surface area (Å²) >= 11 is 0. The van der Waals surface area contributed by atoms with E-state index in [4.69, 9.17) is 0 Å². The van der Waals surface area contributed by atoms with E-state index >= 15 is 0 Å². The molecular weight excluding hydrogens is 567 g/mol. The smallest absolute Gasteiger partial charge is 0.0523 e. The van der Waals surface area contributed by atoms with E-state index in [1.807, 2.05) is 0 Å². The highest BCUT2D eigenvalue weighted by Gasteiger charge is 2.18. The zero-order chi connectivity index (χ0) is 33.0. The van der Waals surface area contributed by atoms with Crippen LogP contribution in [-0.4, -0.2) is 4.57 Å². The maximum atomic E-state index is 2.68. The molecule has 0 radical (unpaired) electrons. The monoisotopic (exact) mass is 642 g/mol. The summed E-state index contributed by atoms with van der Waals surface area (Å²) < 4.78 is 2.68. The van der Waals surface area contributed by atoms with Gasteiger partial charge in [-0.2, -0.15) is 0 Å². The van der Waals surface area contributed by atoms with Gasteiger partial charge < -0.3 is 4.57 Å². The minimum Gasteiger partial charge on any atom is -0.340 e. The number of benzene rings is 2. The van der Waals surface area contributed by atoms with Gasteiger partial charge in [0, 0.05) is 17.4 Å². The van der Waals surface area contributed by atoms with Gasteiger partial charge in [-0.15, -0.1) is 0 Å². The van der Waals surface area contributed by atoms with E-state index in [1.165, 1.54) is 208 Å². The molecule has 0 aliphatic heterocycles. The van der Waals surface area contributed by atoms with Gasteiger partial charge in [0.05, 0.1) is 5.69 Å². The van der Waals surface area contributed by atoms with Crippen molar-refractivity contribution in [2.24, 2.45) is 0 Å². The van der Waals surface area contributed by atoms with Gasteiger partial charge in [-0.3, -0.25) is 0 Å². The van der Waals surface area contributed by atoms with Crippen LogP contribution >= 0.6 is 0 Å². The molecule has 0 atom stereocenters. The molecule has 1 aromatic heterocycles. The number of hydrogen-bond acceptors (Lipinski definition) is 0. The average molecular weight is 642 g/mol. The number of aromatic nitrogens is 1. The lowest BCUT2D eigenvalue weighted by Crippen LogP contribution is -2.02. The van der Waals surface area contributed by atoms with E-state index in [9.17, 15) is 0 Å². The molecule has 0 bridgehead atoms. The SMILES string of the molecule is CCCCCCCCCCCCCCCCc1c(-c2ccccc2)n(CCCCCCCCCCCCCCCC)c2ccccc12. The molecule has 3 aromatic rings. The Kier molecular flexibility index (Phi) is 22.5. The molecule has 0 aliphatic rings. The molecule has 264 valence electrons. The van der Waals surface area contributed by atoms with Crippen molar-refractivity contribution in [1.82, 2.24) is 4.57 Å². The minimum atomic E-state index is 1.14. The Morgan fingerprint density at radius 1 is 0.383 bits per heavy atom. The van der Waals surface area contributed by atoms with Crippen molar-refractivity contribution >= 4 is 10.9 Å². The Morgan fingerprint density at radius 2 is 0.766 bits per heavy atom. The number of hydrogen-bond donors (Lipinski definition) is 0. The molecule has 2 aromatic carbocycles. The van der Waals surface area contributed by atoms with Gasteiger partial charge in [-0.05, 0) is 36.5 Å². The fourth-order valence-corrected chi connectivity index (χ4v) is 7.75. The largest absolute Gasteiger partial charge is 0.340 e. The van der Waals surface area contributed by atoms with Crippen molar-refractivity contribution in [3.8, 4) is 11.3 Å². The summed E-state index contributed by atoms with van der Waals surface area (Å²) in [7, 11) is 0. The summed E-state index contributed by atoms with van der Waals surface area (Å²) in [6.07, 6.45) is 40.9. The van der Waals surface area contributed by atoms with Crippen molar-refractivity contribution in [2.45, 2.75) is 207 Å². The van der Waals surface area contributed by atoms with Crippen molar-refractivity contribution in [3.63, 3.8) is 0 Å². The van der Waals surface area contributed by atoms with E-state index < -0.39 is 0 Å². The molecule has 0 amide bonds. The first-order chi connectivity index (χ1) is 23.4. The van der Waals surface area contributed by atoms with Crippen molar-refractivity contribution < 1.29 is 0 Å². The predicted molar refractivity (Wildman–Crippen MR) is 212 cm³/mol. The summed E-state index contributed by atoms with van der Waals surface area (Å²) in [5.74, 6) is 0. The van der Waals surface area contributed by atoms with Crippen molar-refractivity contribution in [1.29, 1.82) is 0 Å². The van der Waals surface area contributed by atoms with Crippen LogP contribution in [0.2, 0.25) is 0 Å². The highest BCUT2D eigenvalue weighted by molar-refractivity contribution is 5.92. The van der Waals surface area contributed by atoms with E-state index in [0.29, 0.717) is 0 Å². The first-order valence-corrected chi connectivity index (χ1v) is 21.0. The number of rotatable bonds is 31. The maximum Gasteiger partial charge on any atom is 0.0523 e. The van der Waals surface area contributed by atoms with Gasteiger partial charge in [0.15, 0.2) is 0 Å². The molecule has 3 rings (SSSR count). The first-order valence-electron chi connectivity index (χ1n) is 21.0. The summed E-state index contributed by atoms with van der Waals surface area (Å²) in [5.41, 5.74) is 5.93. The lowest BCUT2D eigenvalue weighted by atomic mass is 9.98. The minimum absolute atomic E-state index is 1.14. The molecule has 47 heavy (non-hydrogen) atoms. The van der Waals surface area contributed by atoms with Crippen LogP contribution in [0.15, 0.2) is 54.6 Å². The van der Waals surface area contributed by atoms with Crippen LogP contribution in [-0.2, 0) is 13.0 Å². The zero-order valence-electron chi connectivity index (χ0n) is 31.4. The van der Waals surface area contributed by atoms with Crippen molar-refractivity contribution in [2.75, 3.05) is 0 Å². The van der Waals surface area contributed by atoms with Gasteiger partial charge in [-0.1, -0.05) is 229 Å². The normalized spacial score (nSPS) is 11.6. The molecule has 1 heterocycles. The third-order valence-corrected chi connectivity index (χ3v) is 10.6.